The van der Waals surface area contributed by atoms with Crippen LogP contribution in [-0.4, -0.2) is 37.2 Å². The number of rotatable bonds is 57. The highest BCUT2D eigenvalue weighted by molar-refractivity contribution is 5.71. The standard InChI is InChI=1S/C63H118O6/c1-4-7-10-13-16-19-22-24-25-26-27-28-29-30-31-32-33-34-35-36-37-39-41-44-47-50-53-56-62(65)68-59-60(58-67-61(64)55-52-49-46-43-40-21-18-15-12-9-6-3)69-63(66)57-54-51-48-45-42-38-23-20-17-14-11-8-5-2/h15,18,20,23,60H,4-14,16-17,19,21-22,24-59H2,1-3H3/b18-15-,23-20-. The normalized spacial score (nSPS) is 12.1. The van der Waals surface area contributed by atoms with Gasteiger partial charge < -0.3 is 14.2 Å². The molecular weight excluding hydrogens is 853 g/mol. The molecule has 0 amide bonds. The monoisotopic (exact) mass is 971 g/mol. The van der Waals surface area contributed by atoms with E-state index >= 15 is 0 Å². The van der Waals surface area contributed by atoms with Crippen LogP contribution in [0.5, 0.6) is 0 Å². The number of hydrogen-bond donors (Lipinski definition) is 0. The number of carbonyl (C=O) groups excluding carboxylic acids is 3. The van der Waals surface area contributed by atoms with Crippen LogP contribution in [0.1, 0.15) is 342 Å². The highest BCUT2D eigenvalue weighted by Gasteiger charge is 2.19. The third-order valence-electron chi connectivity index (χ3n) is 13.9. The van der Waals surface area contributed by atoms with Crippen molar-refractivity contribution in [3.63, 3.8) is 0 Å². The molecule has 0 spiro atoms. The third kappa shape index (κ3) is 56.7. The molecule has 0 aliphatic heterocycles. The van der Waals surface area contributed by atoms with Gasteiger partial charge in [0.15, 0.2) is 6.10 Å². The molecule has 69 heavy (non-hydrogen) atoms. The first-order valence-electron chi connectivity index (χ1n) is 30.8. The number of ether oxygens (including phenoxy) is 3. The van der Waals surface area contributed by atoms with Gasteiger partial charge in [0, 0.05) is 19.3 Å². The van der Waals surface area contributed by atoms with Crippen LogP contribution in [0, 0.1) is 0 Å². The van der Waals surface area contributed by atoms with Crippen molar-refractivity contribution in [3.8, 4) is 0 Å². The molecule has 0 radical (unpaired) electrons. The van der Waals surface area contributed by atoms with E-state index in [2.05, 4.69) is 45.1 Å². The second kappa shape index (κ2) is 58.5. The van der Waals surface area contributed by atoms with E-state index in [1.807, 2.05) is 0 Å². The predicted molar refractivity (Wildman–Crippen MR) is 298 cm³/mol. The Hall–Kier alpha value is -2.11. The van der Waals surface area contributed by atoms with E-state index in [4.69, 9.17) is 14.2 Å². The topological polar surface area (TPSA) is 78.9 Å². The fraction of sp³-hybridized carbons (Fsp3) is 0.889. The van der Waals surface area contributed by atoms with Gasteiger partial charge in [0.1, 0.15) is 13.2 Å². The van der Waals surface area contributed by atoms with Gasteiger partial charge in [-0.2, -0.15) is 0 Å². The Balaban J connectivity index is 4.11. The minimum absolute atomic E-state index is 0.0730. The lowest BCUT2D eigenvalue weighted by molar-refractivity contribution is -0.167. The molecule has 0 aromatic heterocycles. The summed E-state index contributed by atoms with van der Waals surface area (Å²) in [6, 6.07) is 0. The highest BCUT2D eigenvalue weighted by Crippen LogP contribution is 2.18. The zero-order chi connectivity index (χ0) is 50.0. The summed E-state index contributed by atoms with van der Waals surface area (Å²) in [6.45, 7) is 6.62. The van der Waals surface area contributed by atoms with Gasteiger partial charge in [0.2, 0.25) is 0 Å². The smallest absolute Gasteiger partial charge is 0.306 e. The van der Waals surface area contributed by atoms with E-state index in [0.29, 0.717) is 19.3 Å². The molecule has 0 rings (SSSR count). The molecule has 1 unspecified atom stereocenters. The van der Waals surface area contributed by atoms with Crippen molar-refractivity contribution in [1.82, 2.24) is 0 Å². The molecule has 0 aromatic rings. The van der Waals surface area contributed by atoms with Gasteiger partial charge in [-0.25, -0.2) is 0 Å². The van der Waals surface area contributed by atoms with Crippen molar-refractivity contribution in [1.29, 1.82) is 0 Å². The lowest BCUT2D eigenvalue weighted by atomic mass is 10.0. The van der Waals surface area contributed by atoms with Crippen molar-refractivity contribution in [2.24, 2.45) is 0 Å². The molecule has 0 heterocycles. The Labute approximate surface area is 430 Å². The lowest BCUT2D eigenvalue weighted by Gasteiger charge is -2.18. The molecule has 6 nitrogen and oxygen atoms in total. The molecule has 0 saturated carbocycles. The summed E-state index contributed by atoms with van der Waals surface area (Å²) in [5.74, 6) is -0.873. The first-order chi connectivity index (χ1) is 34.0. The van der Waals surface area contributed by atoms with Crippen molar-refractivity contribution in [3.05, 3.63) is 24.3 Å². The lowest BCUT2D eigenvalue weighted by Crippen LogP contribution is -2.30. The summed E-state index contributed by atoms with van der Waals surface area (Å²) in [6.07, 6.45) is 69.2. The summed E-state index contributed by atoms with van der Waals surface area (Å²) < 4.78 is 16.8. The largest absolute Gasteiger partial charge is 0.462 e. The van der Waals surface area contributed by atoms with E-state index in [-0.39, 0.29) is 31.1 Å². The van der Waals surface area contributed by atoms with E-state index in [9.17, 15) is 14.4 Å². The van der Waals surface area contributed by atoms with Crippen LogP contribution in [0.15, 0.2) is 24.3 Å². The second-order valence-corrected chi connectivity index (χ2v) is 21.0. The molecule has 1 atom stereocenters. The van der Waals surface area contributed by atoms with Gasteiger partial charge in [0.25, 0.3) is 0 Å². The van der Waals surface area contributed by atoms with E-state index in [0.717, 1.165) is 70.6 Å². The molecule has 6 heteroatoms. The maximum Gasteiger partial charge on any atom is 0.306 e. The average molecular weight is 972 g/mol. The molecule has 0 aromatic carbocycles. The van der Waals surface area contributed by atoms with Crippen molar-refractivity contribution < 1.29 is 28.6 Å². The fourth-order valence-corrected chi connectivity index (χ4v) is 9.25. The predicted octanol–water partition coefficient (Wildman–Crippen LogP) is 20.7. The Morgan fingerprint density at radius 3 is 0.783 bits per heavy atom. The van der Waals surface area contributed by atoms with E-state index < -0.39 is 6.10 Å². The van der Waals surface area contributed by atoms with Crippen LogP contribution < -0.4 is 0 Å². The summed E-state index contributed by atoms with van der Waals surface area (Å²) in [4.78, 5) is 38.1. The van der Waals surface area contributed by atoms with Crippen LogP contribution in [0.2, 0.25) is 0 Å². The van der Waals surface area contributed by atoms with Crippen molar-refractivity contribution in [2.45, 2.75) is 348 Å². The number of allylic oxidation sites excluding steroid dienone is 4. The zero-order valence-corrected chi connectivity index (χ0v) is 46.6. The molecule has 0 bridgehead atoms. The molecule has 0 saturated heterocycles. The van der Waals surface area contributed by atoms with E-state index in [1.54, 1.807) is 0 Å². The average Bonchev–Trinajstić information content (AvgIpc) is 3.35. The maximum atomic E-state index is 12.8. The third-order valence-corrected chi connectivity index (χ3v) is 13.9. The fourth-order valence-electron chi connectivity index (χ4n) is 9.25. The molecule has 406 valence electrons. The maximum absolute atomic E-state index is 12.8. The van der Waals surface area contributed by atoms with Crippen LogP contribution in [0.4, 0.5) is 0 Å². The Kier molecular flexibility index (Phi) is 56.7. The van der Waals surface area contributed by atoms with Gasteiger partial charge in [-0.05, 0) is 64.2 Å². The Bertz CT molecular complexity index is 1110. The van der Waals surface area contributed by atoms with Crippen LogP contribution >= 0.6 is 0 Å². The number of hydrogen-bond acceptors (Lipinski definition) is 6. The molecule has 0 aliphatic rings. The van der Waals surface area contributed by atoms with Crippen LogP contribution in [0.25, 0.3) is 0 Å². The van der Waals surface area contributed by atoms with Gasteiger partial charge >= 0.3 is 17.9 Å². The van der Waals surface area contributed by atoms with Crippen LogP contribution in [0.3, 0.4) is 0 Å². The summed E-state index contributed by atoms with van der Waals surface area (Å²) in [5.41, 5.74) is 0. The first-order valence-corrected chi connectivity index (χ1v) is 30.8. The first kappa shape index (κ1) is 66.9. The van der Waals surface area contributed by atoms with E-state index in [1.165, 1.54) is 231 Å². The van der Waals surface area contributed by atoms with Gasteiger partial charge in [-0.1, -0.05) is 283 Å². The molecule has 0 aliphatic carbocycles. The number of esters is 3. The highest BCUT2D eigenvalue weighted by atomic mass is 16.6. The molecule has 0 N–H and O–H groups in total. The van der Waals surface area contributed by atoms with Gasteiger partial charge in [-0.15, -0.1) is 0 Å². The Morgan fingerprint density at radius 2 is 0.493 bits per heavy atom. The SMILES string of the molecule is CCCC/C=C\CCCCCCCC(=O)OCC(COC(=O)CCCCCCCCCCCCCCCCCCCCCCCCCCCCC)OC(=O)CCCCCCC/C=C\CCCCCC. The second-order valence-electron chi connectivity index (χ2n) is 21.0. The zero-order valence-electron chi connectivity index (χ0n) is 46.6. The van der Waals surface area contributed by atoms with Crippen LogP contribution in [-0.2, 0) is 28.6 Å². The minimum Gasteiger partial charge on any atom is -0.462 e. The molecular formula is C63H118O6. The molecule has 0 fully saturated rings. The Morgan fingerprint density at radius 1 is 0.275 bits per heavy atom. The summed E-state index contributed by atoms with van der Waals surface area (Å²) >= 11 is 0. The quantitative estimate of drug-likeness (QED) is 0.0261. The summed E-state index contributed by atoms with van der Waals surface area (Å²) in [5, 5.41) is 0. The summed E-state index contributed by atoms with van der Waals surface area (Å²) in [7, 11) is 0. The minimum atomic E-state index is -0.775. The number of carbonyl (C=O) groups is 3. The van der Waals surface area contributed by atoms with Gasteiger partial charge in [0.05, 0.1) is 0 Å². The van der Waals surface area contributed by atoms with Gasteiger partial charge in [-0.3, -0.25) is 14.4 Å². The van der Waals surface area contributed by atoms with Crippen molar-refractivity contribution in [2.75, 3.05) is 13.2 Å². The number of unbranched alkanes of at least 4 members (excludes halogenated alkanes) is 42. The van der Waals surface area contributed by atoms with Crippen molar-refractivity contribution >= 4 is 17.9 Å².